The van der Waals surface area contributed by atoms with Gasteiger partial charge in [0.05, 0.1) is 9.82 Å². The van der Waals surface area contributed by atoms with Gasteiger partial charge in [-0.15, -0.1) is 13.2 Å². The van der Waals surface area contributed by atoms with Gasteiger partial charge in [-0.25, -0.2) is 8.42 Å². The topological polar surface area (TPSA) is 102 Å². The van der Waals surface area contributed by atoms with Gasteiger partial charge in [-0.1, -0.05) is 0 Å². The highest BCUT2D eigenvalue weighted by Crippen LogP contribution is 2.34. The van der Waals surface area contributed by atoms with Crippen LogP contribution in [-0.4, -0.2) is 33.8 Å². The molecule has 8 nitrogen and oxygen atoms in total. The number of hydrogen-bond donors (Lipinski definition) is 1. The van der Waals surface area contributed by atoms with Crippen LogP contribution in [-0.2, 0) is 10.0 Å². The van der Waals surface area contributed by atoms with Gasteiger partial charge in [0.1, 0.15) is 0 Å². The molecule has 0 aromatic heterocycles. The van der Waals surface area contributed by atoms with Crippen LogP contribution in [0.15, 0.2) is 47.4 Å². The summed E-state index contributed by atoms with van der Waals surface area (Å²) in [5.74, 6) is -1.11. The number of anilines is 2. The summed E-state index contributed by atoms with van der Waals surface area (Å²) in [4.78, 5) is 11.0. The number of hydrogen-bond acceptors (Lipinski definition) is 6. The second-order valence-corrected chi connectivity index (χ2v) is 7.16. The van der Waals surface area contributed by atoms with Crippen molar-refractivity contribution >= 4 is 27.1 Å². The number of benzene rings is 2. The molecule has 0 saturated carbocycles. The zero-order valence-corrected chi connectivity index (χ0v) is 14.8. The third-order valence-corrected chi connectivity index (χ3v) is 4.68. The number of nitro groups is 1. The lowest BCUT2D eigenvalue weighted by Gasteiger charge is -2.14. The molecule has 0 radical (unpaired) electrons. The fourth-order valence-corrected chi connectivity index (χ4v) is 3.14. The highest BCUT2D eigenvalue weighted by molar-refractivity contribution is 7.92. The van der Waals surface area contributed by atoms with Crippen LogP contribution in [0.3, 0.4) is 0 Å². The summed E-state index contributed by atoms with van der Waals surface area (Å²) in [6.07, 6.45) is -5.16. The number of ether oxygens (including phenoxy) is 1. The van der Waals surface area contributed by atoms with Crippen molar-refractivity contribution in [2.75, 3.05) is 23.7 Å². The first-order chi connectivity index (χ1) is 12.4. The third kappa shape index (κ3) is 5.23. The number of nitrogens with zero attached hydrogens (tertiary/aromatic N) is 2. The van der Waals surface area contributed by atoms with Crippen molar-refractivity contribution in [1.82, 2.24) is 0 Å². The Hall–Kier alpha value is -3.02. The lowest BCUT2D eigenvalue weighted by Crippen LogP contribution is -2.18. The fraction of sp³-hybridized carbons (Fsp3) is 0.200. The van der Waals surface area contributed by atoms with Crippen molar-refractivity contribution in [1.29, 1.82) is 0 Å². The van der Waals surface area contributed by atoms with Gasteiger partial charge < -0.3 is 9.64 Å². The Morgan fingerprint density at radius 3 is 2.19 bits per heavy atom. The maximum atomic E-state index is 12.4. The molecule has 0 saturated heterocycles. The minimum atomic E-state index is -5.16. The Kier molecular flexibility index (Phi) is 5.49. The molecule has 0 bridgehead atoms. The molecule has 0 heterocycles. The van der Waals surface area contributed by atoms with Crippen LogP contribution in [0.1, 0.15) is 0 Å². The molecule has 0 amide bonds. The maximum absolute atomic E-state index is 12.4. The van der Waals surface area contributed by atoms with Gasteiger partial charge in [-0.3, -0.25) is 14.8 Å². The van der Waals surface area contributed by atoms with Crippen molar-refractivity contribution in [3.63, 3.8) is 0 Å². The van der Waals surface area contributed by atoms with Gasteiger partial charge in [0, 0.05) is 31.5 Å². The van der Waals surface area contributed by atoms with Crippen molar-refractivity contribution in [2.45, 2.75) is 11.3 Å². The second-order valence-electron chi connectivity index (χ2n) is 5.48. The minimum absolute atomic E-state index is 0.180. The summed E-state index contributed by atoms with van der Waals surface area (Å²) < 4.78 is 67.5. The number of rotatable bonds is 6. The summed E-state index contributed by atoms with van der Waals surface area (Å²) in [7, 11) is -0.679. The van der Waals surface area contributed by atoms with E-state index in [1.165, 1.54) is 12.1 Å². The zero-order chi connectivity index (χ0) is 20.4. The van der Waals surface area contributed by atoms with E-state index in [4.69, 9.17) is 0 Å². The SMILES string of the molecule is CN(C)c1ccc(NS(=O)(=O)c2ccc(OC(F)(F)F)c([N+](=O)[O-])c2)cc1. The van der Waals surface area contributed by atoms with Crippen LogP contribution < -0.4 is 14.4 Å². The Balaban J connectivity index is 2.35. The monoisotopic (exact) mass is 405 g/mol. The van der Waals surface area contributed by atoms with Crippen LogP contribution >= 0.6 is 0 Å². The molecule has 0 spiro atoms. The summed E-state index contributed by atoms with van der Waals surface area (Å²) in [5, 5.41) is 11.0. The average molecular weight is 405 g/mol. The number of nitro benzene ring substituents is 1. The van der Waals surface area contributed by atoms with Crippen LogP contribution in [0, 0.1) is 10.1 Å². The van der Waals surface area contributed by atoms with E-state index >= 15 is 0 Å². The normalized spacial score (nSPS) is 11.7. The van der Waals surface area contributed by atoms with E-state index in [1.807, 2.05) is 0 Å². The van der Waals surface area contributed by atoms with Crippen molar-refractivity contribution < 1.29 is 31.2 Å². The summed E-state index contributed by atoms with van der Waals surface area (Å²) >= 11 is 0. The Bertz CT molecular complexity index is 944. The predicted molar refractivity (Wildman–Crippen MR) is 91.4 cm³/mol. The van der Waals surface area contributed by atoms with Crippen LogP contribution in [0.5, 0.6) is 5.75 Å². The van der Waals surface area contributed by atoms with E-state index in [9.17, 15) is 31.7 Å². The molecule has 0 aliphatic rings. The molecule has 0 aliphatic carbocycles. The molecule has 27 heavy (non-hydrogen) atoms. The minimum Gasteiger partial charge on any atom is -0.398 e. The molecule has 0 unspecified atom stereocenters. The molecule has 2 aromatic carbocycles. The van der Waals surface area contributed by atoms with E-state index < -0.39 is 37.6 Å². The smallest absolute Gasteiger partial charge is 0.398 e. The molecule has 1 N–H and O–H groups in total. The molecule has 2 rings (SSSR count). The van der Waals surface area contributed by atoms with Gasteiger partial charge in [-0.05, 0) is 36.4 Å². The van der Waals surface area contributed by atoms with Crippen LogP contribution in [0.25, 0.3) is 0 Å². The number of alkyl halides is 3. The average Bonchev–Trinajstić information content (AvgIpc) is 2.53. The molecule has 0 aliphatic heterocycles. The molecule has 0 fully saturated rings. The second kappa shape index (κ2) is 7.31. The van der Waals surface area contributed by atoms with E-state index in [0.717, 1.165) is 11.8 Å². The Morgan fingerprint density at radius 1 is 1.11 bits per heavy atom. The van der Waals surface area contributed by atoms with E-state index in [1.54, 1.807) is 31.1 Å². The zero-order valence-electron chi connectivity index (χ0n) is 14.0. The van der Waals surface area contributed by atoms with E-state index in [2.05, 4.69) is 9.46 Å². The summed E-state index contributed by atoms with van der Waals surface area (Å²) in [5.41, 5.74) is -0.140. The van der Waals surface area contributed by atoms with E-state index in [0.29, 0.717) is 12.1 Å². The summed E-state index contributed by atoms with van der Waals surface area (Å²) in [6.45, 7) is 0. The van der Waals surface area contributed by atoms with Crippen molar-refractivity contribution in [3.05, 3.63) is 52.6 Å². The molecular formula is C15H14F3N3O5S. The highest BCUT2D eigenvalue weighted by Gasteiger charge is 2.35. The van der Waals surface area contributed by atoms with Gasteiger partial charge >= 0.3 is 12.0 Å². The Morgan fingerprint density at radius 2 is 1.70 bits per heavy atom. The van der Waals surface area contributed by atoms with Gasteiger partial charge in [0.15, 0.2) is 0 Å². The van der Waals surface area contributed by atoms with Crippen molar-refractivity contribution in [3.8, 4) is 5.75 Å². The molecule has 12 heteroatoms. The lowest BCUT2D eigenvalue weighted by atomic mass is 10.3. The standard InChI is InChI=1S/C15H14F3N3O5S/c1-20(2)11-5-3-10(4-6-11)19-27(24,25)12-7-8-14(26-15(16,17)18)13(9-12)21(22)23/h3-9,19H,1-2H3. The maximum Gasteiger partial charge on any atom is 0.573 e. The molecule has 2 aromatic rings. The fourth-order valence-electron chi connectivity index (χ4n) is 2.06. The molecule has 146 valence electrons. The summed E-state index contributed by atoms with van der Waals surface area (Å²) in [6, 6.07) is 8.09. The van der Waals surface area contributed by atoms with Crippen LogP contribution in [0.2, 0.25) is 0 Å². The van der Waals surface area contributed by atoms with E-state index in [-0.39, 0.29) is 5.69 Å². The first kappa shape index (κ1) is 20.3. The van der Waals surface area contributed by atoms with Gasteiger partial charge in [-0.2, -0.15) is 0 Å². The van der Waals surface area contributed by atoms with Crippen LogP contribution in [0.4, 0.5) is 30.2 Å². The molecule has 0 atom stereocenters. The predicted octanol–water partition coefficient (Wildman–Crippen LogP) is 3.36. The Labute approximate surface area is 152 Å². The number of nitrogens with one attached hydrogen (secondary N) is 1. The third-order valence-electron chi connectivity index (χ3n) is 3.30. The first-order valence-corrected chi connectivity index (χ1v) is 8.72. The lowest BCUT2D eigenvalue weighted by molar-refractivity contribution is -0.388. The quantitative estimate of drug-likeness (QED) is 0.584. The number of sulfonamides is 1. The molecular weight excluding hydrogens is 391 g/mol. The largest absolute Gasteiger partial charge is 0.573 e. The first-order valence-electron chi connectivity index (χ1n) is 7.23. The van der Waals surface area contributed by atoms with Gasteiger partial charge in [0.25, 0.3) is 10.0 Å². The van der Waals surface area contributed by atoms with Crippen molar-refractivity contribution in [2.24, 2.45) is 0 Å². The van der Waals surface area contributed by atoms with Gasteiger partial charge in [0.2, 0.25) is 5.75 Å². The number of halogens is 3. The highest BCUT2D eigenvalue weighted by atomic mass is 32.2.